The third kappa shape index (κ3) is 4.36. The molecular weight excluding hydrogens is 328 g/mol. The maximum absolute atomic E-state index is 11.7. The third-order valence-electron chi connectivity index (χ3n) is 2.41. The molecule has 100 valence electrons. The summed E-state index contributed by atoms with van der Waals surface area (Å²) in [5, 5.41) is 10.5. The number of carbonyl (C=O) groups excluding carboxylic acids is 1. The molecule has 0 unspecified atom stereocenters. The predicted octanol–water partition coefficient (Wildman–Crippen LogP) is 1.99. The molecule has 19 heavy (non-hydrogen) atoms. The highest BCUT2D eigenvalue weighted by Gasteiger charge is 2.05. The molecule has 0 atom stereocenters. The lowest BCUT2D eigenvalue weighted by molar-refractivity contribution is -0.118. The van der Waals surface area contributed by atoms with Gasteiger partial charge in [-0.25, -0.2) is 0 Å². The number of amides is 1. The van der Waals surface area contributed by atoms with Crippen LogP contribution in [0.3, 0.4) is 0 Å². The van der Waals surface area contributed by atoms with Gasteiger partial charge in [-0.05, 0) is 18.2 Å². The Morgan fingerprint density at radius 3 is 3.05 bits per heavy atom. The van der Waals surface area contributed by atoms with Crippen LogP contribution in [0.1, 0.15) is 5.82 Å². The summed E-state index contributed by atoms with van der Waals surface area (Å²) in [5.74, 6) is 1.10. The summed E-state index contributed by atoms with van der Waals surface area (Å²) in [6.07, 6.45) is 1.61. The van der Waals surface area contributed by atoms with Crippen molar-refractivity contribution >= 4 is 33.6 Å². The van der Waals surface area contributed by atoms with Crippen molar-refractivity contribution in [1.82, 2.24) is 20.1 Å². The fourth-order valence-corrected chi connectivity index (χ4v) is 2.74. The lowest BCUT2D eigenvalue weighted by Crippen LogP contribution is -2.25. The zero-order valence-electron chi connectivity index (χ0n) is 10.3. The van der Waals surface area contributed by atoms with E-state index in [2.05, 4.69) is 31.4 Å². The maximum atomic E-state index is 11.7. The van der Waals surface area contributed by atoms with Crippen LogP contribution in [0.25, 0.3) is 0 Å². The van der Waals surface area contributed by atoms with Crippen molar-refractivity contribution in [3.8, 4) is 0 Å². The number of hydrogen-bond acceptors (Lipinski definition) is 4. The van der Waals surface area contributed by atoms with Crippen LogP contribution < -0.4 is 5.32 Å². The van der Waals surface area contributed by atoms with Gasteiger partial charge in [-0.1, -0.05) is 22.0 Å². The first kappa shape index (κ1) is 14.1. The number of hydrogen-bond donors (Lipinski definition) is 1. The molecule has 2 aromatic rings. The molecule has 0 aliphatic rings. The van der Waals surface area contributed by atoms with Crippen LogP contribution in [-0.4, -0.2) is 26.4 Å². The summed E-state index contributed by atoms with van der Waals surface area (Å²) in [5.41, 5.74) is 0. The Kier molecular flexibility index (Phi) is 4.98. The van der Waals surface area contributed by atoms with Crippen LogP contribution in [-0.2, 0) is 18.4 Å². The normalized spacial score (nSPS) is 10.4. The number of rotatable bonds is 5. The predicted molar refractivity (Wildman–Crippen MR) is 77.7 cm³/mol. The molecule has 5 nitrogen and oxygen atoms in total. The number of nitrogens with zero attached hydrogens (tertiary/aromatic N) is 3. The number of thioether (sulfide) groups is 1. The van der Waals surface area contributed by atoms with Gasteiger partial charge in [0.15, 0.2) is 5.82 Å². The molecule has 1 heterocycles. The van der Waals surface area contributed by atoms with Gasteiger partial charge in [0, 0.05) is 16.4 Å². The monoisotopic (exact) mass is 340 g/mol. The van der Waals surface area contributed by atoms with Crippen molar-refractivity contribution in [3.05, 3.63) is 40.9 Å². The van der Waals surface area contributed by atoms with E-state index in [0.717, 1.165) is 15.2 Å². The van der Waals surface area contributed by atoms with Crippen LogP contribution in [0.5, 0.6) is 0 Å². The van der Waals surface area contributed by atoms with Gasteiger partial charge in [0.2, 0.25) is 5.91 Å². The summed E-state index contributed by atoms with van der Waals surface area (Å²) in [4.78, 5) is 12.8. The highest BCUT2D eigenvalue weighted by Crippen LogP contribution is 2.21. The molecule has 0 aliphatic carbocycles. The summed E-state index contributed by atoms with van der Waals surface area (Å²) < 4.78 is 2.79. The number of aromatic nitrogens is 3. The van der Waals surface area contributed by atoms with E-state index in [1.807, 2.05) is 31.3 Å². The zero-order chi connectivity index (χ0) is 13.7. The third-order valence-corrected chi connectivity index (χ3v) is 3.90. The molecule has 0 saturated carbocycles. The van der Waals surface area contributed by atoms with Crippen molar-refractivity contribution in [2.75, 3.05) is 5.75 Å². The fourth-order valence-electron chi connectivity index (χ4n) is 1.40. The minimum absolute atomic E-state index is 0.0204. The Balaban J connectivity index is 1.77. The molecule has 1 N–H and O–H groups in total. The fraction of sp³-hybridized carbons (Fsp3) is 0.250. The van der Waals surface area contributed by atoms with E-state index in [4.69, 9.17) is 0 Å². The second-order valence-electron chi connectivity index (χ2n) is 3.88. The van der Waals surface area contributed by atoms with Gasteiger partial charge < -0.3 is 9.88 Å². The summed E-state index contributed by atoms with van der Waals surface area (Å²) in [6.45, 7) is 0.397. The average molecular weight is 341 g/mol. The lowest BCUT2D eigenvalue weighted by Gasteiger charge is -2.05. The molecule has 1 aromatic carbocycles. The molecular formula is C12H13BrN4OS. The topological polar surface area (TPSA) is 59.8 Å². The lowest BCUT2D eigenvalue weighted by atomic mass is 10.4. The number of benzene rings is 1. The Morgan fingerprint density at radius 1 is 1.53 bits per heavy atom. The molecule has 0 radical (unpaired) electrons. The minimum atomic E-state index is -0.0204. The van der Waals surface area contributed by atoms with Gasteiger partial charge in [0.05, 0.1) is 12.3 Å². The van der Waals surface area contributed by atoms with Gasteiger partial charge in [-0.3, -0.25) is 4.79 Å². The average Bonchev–Trinajstić information content (AvgIpc) is 2.80. The van der Waals surface area contributed by atoms with E-state index < -0.39 is 0 Å². The van der Waals surface area contributed by atoms with Crippen LogP contribution in [0.15, 0.2) is 40.0 Å². The highest BCUT2D eigenvalue weighted by atomic mass is 79.9. The van der Waals surface area contributed by atoms with E-state index in [-0.39, 0.29) is 5.91 Å². The van der Waals surface area contributed by atoms with Gasteiger partial charge in [0.1, 0.15) is 6.33 Å². The van der Waals surface area contributed by atoms with Crippen LogP contribution >= 0.6 is 27.7 Å². The Hall–Kier alpha value is -1.34. The number of halogens is 1. The summed E-state index contributed by atoms with van der Waals surface area (Å²) in [7, 11) is 1.84. The van der Waals surface area contributed by atoms with Gasteiger partial charge in [0.25, 0.3) is 0 Å². The van der Waals surface area contributed by atoms with E-state index in [9.17, 15) is 4.79 Å². The van der Waals surface area contributed by atoms with Gasteiger partial charge in [-0.15, -0.1) is 22.0 Å². The molecule has 0 saturated heterocycles. The highest BCUT2D eigenvalue weighted by molar-refractivity contribution is 9.10. The second-order valence-corrected chi connectivity index (χ2v) is 5.85. The number of carbonyl (C=O) groups is 1. The molecule has 0 fully saturated rings. The number of nitrogens with one attached hydrogen (secondary N) is 1. The maximum Gasteiger partial charge on any atom is 0.230 e. The molecule has 0 aliphatic heterocycles. The number of aryl methyl sites for hydroxylation is 1. The largest absolute Gasteiger partial charge is 0.348 e. The van der Waals surface area contributed by atoms with Crippen molar-refractivity contribution in [2.24, 2.45) is 7.05 Å². The van der Waals surface area contributed by atoms with Crippen LogP contribution in [0.4, 0.5) is 0 Å². The van der Waals surface area contributed by atoms with E-state index in [1.165, 1.54) is 11.8 Å². The van der Waals surface area contributed by atoms with Crippen LogP contribution in [0.2, 0.25) is 0 Å². The van der Waals surface area contributed by atoms with Gasteiger partial charge >= 0.3 is 0 Å². The molecule has 2 rings (SSSR count). The molecule has 1 amide bonds. The smallest absolute Gasteiger partial charge is 0.230 e. The first-order valence-corrected chi connectivity index (χ1v) is 7.41. The molecule has 7 heteroatoms. The van der Waals surface area contributed by atoms with Crippen molar-refractivity contribution < 1.29 is 4.79 Å². The quantitative estimate of drug-likeness (QED) is 0.845. The Morgan fingerprint density at radius 2 is 2.37 bits per heavy atom. The Bertz CT molecular complexity index is 572. The zero-order valence-corrected chi connectivity index (χ0v) is 12.7. The SMILES string of the molecule is Cn1cnnc1CNC(=O)CSc1cccc(Br)c1. The van der Waals surface area contributed by atoms with Gasteiger partial charge in [-0.2, -0.15) is 0 Å². The summed E-state index contributed by atoms with van der Waals surface area (Å²) in [6, 6.07) is 7.87. The van der Waals surface area contributed by atoms with Crippen molar-refractivity contribution in [3.63, 3.8) is 0 Å². The first-order valence-electron chi connectivity index (χ1n) is 5.63. The van der Waals surface area contributed by atoms with E-state index in [1.54, 1.807) is 10.9 Å². The minimum Gasteiger partial charge on any atom is -0.348 e. The van der Waals surface area contributed by atoms with Crippen molar-refractivity contribution in [2.45, 2.75) is 11.4 Å². The van der Waals surface area contributed by atoms with E-state index in [0.29, 0.717) is 12.3 Å². The second kappa shape index (κ2) is 6.72. The van der Waals surface area contributed by atoms with Crippen LogP contribution in [0, 0.1) is 0 Å². The summed E-state index contributed by atoms with van der Waals surface area (Å²) >= 11 is 4.90. The standard InChI is InChI=1S/C12H13BrN4OS/c1-17-8-15-16-11(17)6-14-12(18)7-19-10-4-2-3-9(13)5-10/h2-5,8H,6-7H2,1H3,(H,14,18). The van der Waals surface area contributed by atoms with Crippen molar-refractivity contribution in [1.29, 1.82) is 0 Å². The molecule has 1 aromatic heterocycles. The molecule has 0 bridgehead atoms. The Labute approximate surface area is 123 Å². The molecule has 0 spiro atoms. The van der Waals surface area contributed by atoms with E-state index >= 15 is 0 Å². The first-order chi connectivity index (χ1) is 9.15.